The second kappa shape index (κ2) is 12.5. The van der Waals surface area contributed by atoms with Crippen LogP contribution in [-0.2, 0) is 22.4 Å². The van der Waals surface area contributed by atoms with Crippen molar-refractivity contribution in [2.75, 3.05) is 12.3 Å². The van der Waals surface area contributed by atoms with E-state index in [1.54, 1.807) is 10.9 Å². The van der Waals surface area contributed by atoms with Crippen molar-refractivity contribution in [2.24, 2.45) is 0 Å². The molecule has 4 heterocycles. The van der Waals surface area contributed by atoms with Crippen LogP contribution in [0.2, 0.25) is 22.2 Å². The van der Waals surface area contributed by atoms with Crippen LogP contribution in [0.15, 0.2) is 43.0 Å². The van der Waals surface area contributed by atoms with E-state index in [4.69, 9.17) is 45.1 Å². The molecule has 0 aliphatic carbocycles. The van der Waals surface area contributed by atoms with Crippen molar-refractivity contribution >= 4 is 51.6 Å². The molecule has 2 aliphatic rings. The summed E-state index contributed by atoms with van der Waals surface area (Å²) < 4.78 is 42.6. The Morgan fingerprint density at radius 3 is 2.23 bits per heavy atom. The maximum atomic E-state index is 7.38. The number of nitrogens with two attached hydrogens (primary N) is 1. The number of thiocarbonyl (C=S) groups is 1. The molecule has 234 valence electrons. The third-order valence-corrected chi connectivity index (χ3v) is 18.9. The molecule has 2 aromatic heterocycles. The van der Waals surface area contributed by atoms with Crippen LogP contribution in [0.25, 0.3) is 11.2 Å². The Bertz CT molecular complexity index is 1410. The van der Waals surface area contributed by atoms with Crippen molar-refractivity contribution in [1.82, 2.24) is 19.5 Å². The Morgan fingerprint density at radius 2 is 1.60 bits per heavy atom. The van der Waals surface area contributed by atoms with Crippen molar-refractivity contribution in [3.05, 3.63) is 43.0 Å². The fourth-order valence-corrected chi connectivity index (χ4v) is 17.7. The maximum Gasteiger partial charge on any atom is 0.358 e. The summed E-state index contributed by atoms with van der Waals surface area (Å²) >= 11 is 5.62. The number of para-hydroxylation sites is 1. The van der Waals surface area contributed by atoms with Gasteiger partial charge in [-0.05, 0) is 34.3 Å². The molecule has 4 atom stereocenters. The van der Waals surface area contributed by atoms with Crippen molar-refractivity contribution in [3.63, 3.8) is 0 Å². The molecular formula is C29H43N5O6SSi2. The van der Waals surface area contributed by atoms with Crippen LogP contribution in [0.3, 0.4) is 0 Å². The zero-order chi connectivity index (χ0) is 31.1. The third-order valence-electron chi connectivity index (χ3n) is 8.45. The number of aromatic nitrogens is 4. The van der Waals surface area contributed by atoms with Gasteiger partial charge >= 0.3 is 22.4 Å². The molecule has 0 radical (unpaired) electrons. The van der Waals surface area contributed by atoms with Crippen LogP contribution in [0.5, 0.6) is 5.75 Å². The van der Waals surface area contributed by atoms with Crippen LogP contribution >= 0.6 is 12.2 Å². The molecule has 3 aromatic rings. The first-order chi connectivity index (χ1) is 20.4. The van der Waals surface area contributed by atoms with Crippen LogP contribution in [0.1, 0.15) is 61.6 Å². The molecule has 2 N–H and O–H groups in total. The first-order valence-electron chi connectivity index (χ1n) is 14.9. The minimum atomic E-state index is -2.99. The lowest BCUT2D eigenvalue weighted by Crippen LogP contribution is -2.66. The monoisotopic (exact) mass is 645 g/mol. The summed E-state index contributed by atoms with van der Waals surface area (Å²) in [6, 6.07) is 9.27. The summed E-state index contributed by atoms with van der Waals surface area (Å²) in [5.74, 6) is 0.841. The molecule has 11 nitrogen and oxygen atoms in total. The summed E-state index contributed by atoms with van der Waals surface area (Å²) in [5.41, 5.74) is 7.74. The van der Waals surface area contributed by atoms with Gasteiger partial charge in [-0.1, -0.05) is 73.6 Å². The number of imidazole rings is 1. The number of ether oxygens (including phenoxy) is 3. The van der Waals surface area contributed by atoms with E-state index >= 15 is 0 Å². The third kappa shape index (κ3) is 5.85. The summed E-state index contributed by atoms with van der Waals surface area (Å²) in [7, 11) is -5.76. The molecule has 0 spiro atoms. The number of nitrogens with zero attached hydrogens (tertiary/aromatic N) is 4. The first-order valence-corrected chi connectivity index (χ1v) is 19.3. The second-order valence-corrected chi connectivity index (χ2v) is 21.6. The van der Waals surface area contributed by atoms with Crippen LogP contribution < -0.4 is 10.5 Å². The Kier molecular flexibility index (Phi) is 9.28. The van der Waals surface area contributed by atoms with Gasteiger partial charge in [-0.3, -0.25) is 4.57 Å². The van der Waals surface area contributed by atoms with E-state index in [9.17, 15) is 0 Å². The number of hydrogen-bond donors (Lipinski definition) is 1. The van der Waals surface area contributed by atoms with E-state index in [1.807, 2.05) is 30.3 Å². The van der Waals surface area contributed by atoms with Crippen LogP contribution in [0, 0.1) is 0 Å². The summed E-state index contributed by atoms with van der Waals surface area (Å²) in [4.78, 5) is 13.0. The van der Waals surface area contributed by atoms with Gasteiger partial charge in [0.2, 0.25) is 0 Å². The predicted molar refractivity (Wildman–Crippen MR) is 172 cm³/mol. The normalized spacial score (nSPS) is 25.2. The molecule has 43 heavy (non-hydrogen) atoms. The number of fused-ring (bicyclic) bond motifs is 2. The minimum absolute atomic E-state index is 0.0500. The molecule has 0 amide bonds. The van der Waals surface area contributed by atoms with E-state index in [0.29, 0.717) is 16.9 Å². The molecule has 2 aliphatic heterocycles. The number of anilines is 1. The average Bonchev–Trinajstić information content (AvgIpc) is 3.50. The van der Waals surface area contributed by atoms with Gasteiger partial charge in [-0.25, -0.2) is 15.0 Å². The van der Waals surface area contributed by atoms with E-state index in [1.165, 1.54) is 6.33 Å². The van der Waals surface area contributed by atoms with Gasteiger partial charge < -0.3 is 32.9 Å². The Morgan fingerprint density at radius 1 is 0.953 bits per heavy atom. The van der Waals surface area contributed by atoms with E-state index in [2.05, 4.69) is 70.3 Å². The van der Waals surface area contributed by atoms with Gasteiger partial charge in [0.05, 0.1) is 12.9 Å². The van der Waals surface area contributed by atoms with E-state index in [-0.39, 0.29) is 39.8 Å². The number of hydrogen-bond acceptors (Lipinski definition) is 11. The lowest BCUT2D eigenvalue weighted by atomic mass is 10.1. The summed E-state index contributed by atoms with van der Waals surface area (Å²) in [5, 5.41) is -0.0500. The van der Waals surface area contributed by atoms with Crippen molar-refractivity contribution in [1.29, 1.82) is 0 Å². The topological polar surface area (TPSA) is 125 Å². The molecule has 14 heteroatoms. The zero-order valence-corrected chi connectivity index (χ0v) is 28.9. The zero-order valence-electron chi connectivity index (χ0n) is 26.1. The van der Waals surface area contributed by atoms with Gasteiger partial charge in [-0.15, -0.1) is 0 Å². The largest absolute Gasteiger partial charge is 0.446 e. The lowest BCUT2D eigenvalue weighted by Gasteiger charge is -2.51. The number of nitrogen functional groups attached to an aromatic ring is 1. The quantitative estimate of drug-likeness (QED) is 0.240. The molecule has 2 saturated heterocycles. The molecular weight excluding hydrogens is 603 g/mol. The van der Waals surface area contributed by atoms with Gasteiger partial charge in [0.15, 0.2) is 23.8 Å². The highest BCUT2D eigenvalue weighted by Gasteiger charge is 2.62. The molecule has 1 aromatic carbocycles. The molecule has 5 rings (SSSR count). The first kappa shape index (κ1) is 31.9. The predicted octanol–water partition coefficient (Wildman–Crippen LogP) is 6.01. The Balaban J connectivity index is 1.60. The SMILES string of the molecule is CC(C)[Si]1(C(C)C)OCC2OC(n3cnc4c(N)ncnc43)C(OC(=S)Oc3ccccc3)C2O[Si](C(C)C)(C(C)C)O1. The number of benzene rings is 1. The second-order valence-electron chi connectivity index (χ2n) is 12.5. The van der Waals surface area contributed by atoms with Crippen molar-refractivity contribution in [3.8, 4) is 5.75 Å². The minimum Gasteiger partial charge on any atom is -0.446 e. The maximum absolute atomic E-state index is 7.38. The summed E-state index contributed by atoms with van der Waals surface area (Å²) in [6.45, 7) is 17.8. The molecule has 0 saturated carbocycles. The van der Waals surface area contributed by atoms with E-state index < -0.39 is 41.7 Å². The van der Waals surface area contributed by atoms with Gasteiger partial charge in [-0.2, -0.15) is 0 Å². The highest BCUT2D eigenvalue weighted by atomic mass is 32.1. The van der Waals surface area contributed by atoms with Crippen molar-refractivity contribution in [2.45, 2.75) is 102 Å². The highest BCUT2D eigenvalue weighted by molar-refractivity contribution is 7.79. The summed E-state index contributed by atoms with van der Waals surface area (Å²) in [6.07, 6.45) is 0.504. The molecule has 0 bridgehead atoms. The standard InChI is InChI=1S/C29H43N5O6SSi2/c1-17(2)42(18(3)4)35-14-22-24(39-43(40-42,19(5)6)20(7)8)25(38-29(41)36-21-12-10-9-11-13-21)28(37-22)34-16-33-23-26(30)31-15-32-27(23)34/h9-13,15-20,22,24-25,28H,14H2,1-8H3,(H2,30,31,32). The van der Waals surface area contributed by atoms with Gasteiger partial charge in [0.25, 0.3) is 0 Å². The molecule has 4 unspecified atom stereocenters. The van der Waals surface area contributed by atoms with Crippen molar-refractivity contribution < 1.29 is 27.2 Å². The van der Waals surface area contributed by atoms with E-state index in [0.717, 1.165) is 0 Å². The average molecular weight is 646 g/mol. The number of rotatable bonds is 7. The fraction of sp³-hybridized carbons (Fsp3) is 0.586. The fourth-order valence-electron chi connectivity index (χ4n) is 6.25. The lowest BCUT2D eigenvalue weighted by molar-refractivity contribution is -0.0569. The Labute approximate surface area is 260 Å². The Hall–Kier alpha value is -2.47. The highest BCUT2D eigenvalue weighted by Crippen LogP contribution is 2.49. The van der Waals surface area contributed by atoms with Crippen LogP contribution in [-0.4, -0.2) is 66.8 Å². The van der Waals surface area contributed by atoms with Gasteiger partial charge in [0.1, 0.15) is 29.8 Å². The smallest absolute Gasteiger partial charge is 0.358 e. The molecule has 2 fully saturated rings. The van der Waals surface area contributed by atoms with Crippen LogP contribution in [0.4, 0.5) is 5.82 Å². The van der Waals surface area contributed by atoms with Gasteiger partial charge in [0, 0.05) is 12.2 Å².